The van der Waals surface area contributed by atoms with Crippen LogP contribution in [0.3, 0.4) is 0 Å². The highest BCUT2D eigenvalue weighted by molar-refractivity contribution is 7.98. The number of para-hydroxylation sites is 1. The number of rotatable bonds is 8. The fraction of sp³-hybridized carbons (Fsp3) is 0.350. The van der Waals surface area contributed by atoms with Gasteiger partial charge < -0.3 is 10.1 Å². The molecule has 0 aromatic heterocycles. The van der Waals surface area contributed by atoms with Gasteiger partial charge in [0.2, 0.25) is 5.91 Å². The second-order valence-corrected chi connectivity index (χ2v) is 6.71. The molecule has 0 saturated heterocycles. The Hall–Kier alpha value is -1.98. The van der Waals surface area contributed by atoms with Gasteiger partial charge in [-0.15, -0.1) is 11.8 Å². The van der Waals surface area contributed by atoms with Crippen molar-refractivity contribution in [2.24, 2.45) is 0 Å². The van der Waals surface area contributed by atoms with Crippen molar-refractivity contribution in [2.45, 2.75) is 31.3 Å². The van der Waals surface area contributed by atoms with Crippen LogP contribution in [0, 0.1) is 0 Å². The van der Waals surface area contributed by atoms with Crippen molar-refractivity contribution in [2.75, 3.05) is 25.2 Å². The normalized spacial score (nSPS) is 12.0. The van der Waals surface area contributed by atoms with E-state index in [1.54, 1.807) is 11.8 Å². The zero-order chi connectivity index (χ0) is 18.2. The number of nitrogens with one attached hydrogen (secondary N) is 1. The molecule has 0 saturated carbocycles. The van der Waals surface area contributed by atoms with Gasteiger partial charge in [-0.1, -0.05) is 24.3 Å². The summed E-state index contributed by atoms with van der Waals surface area (Å²) in [6.45, 7) is 5.25. The van der Waals surface area contributed by atoms with Crippen LogP contribution in [-0.2, 0) is 11.3 Å². The van der Waals surface area contributed by atoms with Gasteiger partial charge in [0.25, 0.3) is 0 Å². The number of amides is 1. The predicted molar refractivity (Wildman–Crippen MR) is 105 cm³/mol. The standard InChI is InChI=1S/C20H26N2O2S/c1-5-24-17-12-10-16(11-13-17)14-22(3)15(2)20(23)21-18-8-6-7-9-19(18)25-4/h6-13,15H,5,14H2,1-4H3,(H,21,23). The van der Waals surface area contributed by atoms with E-state index in [4.69, 9.17) is 4.74 Å². The van der Waals surface area contributed by atoms with Gasteiger partial charge in [0.15, 0.2) is 0 Å². The van der Waals surface area contributed by atoms with Crippen LogP contribution >= 0.6 is 11.8 Å². The first-order chi connectivity index (χ1) is 12.0. The number of hydrogen-bond acceptors (Lipinski definition) is 4. The van der Waals surface area contributed by atoms with E-state index in [0.717, 1.165) is 21.9 Å². The van der Waals surface area contributed by atoms with Crippen molar-refractivity contribution in [1.82, 2.24) is 4.90 Å². The Balaban J connectivity index is 1.96. The highest BCUT2D eigenvalue weighted by Gasteiger charge is 2.19. The number of carbonyl (C=O) groups is 1. The van der Waals surface area contributed by atoms with Gasteiger partial charge in [-0.3, -0.25) is 9.69 Å². The third kappa shape index (κ3) is 5.51. The number of hydrogen-bond donors (Lipinski definition) is 1. The zero-order valence-electron chi connectivity index (χ0n) is 15.3. The minimum atomic E-state index is -0.235. The Bertz CT molecular complexity index is 688. The van der Waals surface area contributed by atoms with E-state index >= 15 is 0 Å². The molecule has 0 heterocycles. The van der Waals surface area contributed by atoms with Crippen LogP contribution in [0.5, 0.6) is 5.75 Å². The summed E-state index contributed by atoms with van der Waals surface area (Å²) in [5, 5.41) is 3.03. The van der Waals surface area contributed by atoms with Gasteiger partial charge in [0.05, 0.1) is 18.3 Å². The van der Waals surface area contributed by atoms with Crippen LogP contribution in [0.2, 0.25) is 0 Å². The summed E-state index contributed by atoms with van der Waals surface area (Å²) in [7, 11) is 1.96. The molecule has 2 aromatic rings. The summed E-state index contributed by atoms with van der Waals surface area (Å²) in [5.41, 5.74) is 2.01. The molecule has 0 radical (unpaired) electrons. The highest BCUT2D eigenvalue weighted by Crippen LogP contribution is 2.25. The number of ether oxygens (including phenoxy) is 1. The van der Waals surface area contributed by atoms with E-state index in [1.807, 2.05) is 80.6 Å². The third-order valence-electron chi connectivity index (χ3n) is 4.07. The first-order valence-electron chi connectivity index (χ1n) is 8.41. The van der Waals surface area contributed by atoms with Gasteiger partial charge in [-0.05, 0) is 57.0 Å². The van der Waals surface area contributed by atoms with Crippen molar-refractivity contribution in [3.8, 4) is 5.75 Å². The number of nitrogens with zero attached hydrogens (tertiary/aromatic N) is 1. The lowest BCUT2D eigenvalue weighted by Gasteiger charge is -2.24. The molecule has 0 fully saturated rings. The molecule has 2 rings (SSSR count). The number of carbonyl (C=O) groups excluding carboxylic acids is 1. The fourth-order valence-corrected chi connectivity index (χ4v) is 3.02. The van der Waals surface area contributed by atoms with Crippen LogP contribution in [0.1, 0.15) is 19.4 Å². The van der Waals surface area contributed by atoms with E-state index in [9.17, 15) is 4.79 Å². The van der Waals surface area contributed by atoms with E-state index in [0.29, 0.717) is 13.2 Å². The molecule has 1 N–H and O–H groups in total. The Labute approximate surface area is 154 Å². The Morgan fingerprint density at radius 2 is 1.88 bits per heavy atom. The minimum Gasteiger partial charge on any atom is -0.494 e. The molecule has 2 aromatic carbocycles. The van der Waals surface area contributed by atoms with Crippen molar-refractivity contribution in [3.63, 3.8) is 0 Å². The molecule has 0 spiro atoms. The molecule has 1 unspecified atom stereocenters. The number of likely N-dealkylation sites (N-methyl/N-ethyl adjacent to an activating group) is 1. The molecular weight excluding hydrogens is 332 g/mol. The maximum Gasteiger partial charge on any atom is 0.241 e. The molecule has 4 nitrogen and oxygen atoms in total. The lowest BCUT2D eigenvalue weighted by molar-refractivity contribution is -0.120. The van der Waals surface area contributed by atoms with Crippen molar-refractivity contribution in [1.29, 1.82) is 0 Å². The quantitative estimate of drug-likeness (QED) is 0.716. The molecule has 134 valence electrons. The highest BCUT2D eigenvalue weighted by atomic mass is 32.2. The van der Waals surface area contributed by atoms with Gasteiger partial charge >= 0.3 is 0 Å². The van der Waals surface area contributed by atoms with Crippen LogP contribution in [0.4, 0.5) is 5.69 Å². The van der Waals surface area contributed by atoms with E-state index < -0.39 is 0 Å². The van der Waals surface area contributed by atoms with Crippen LogP contribution in [-0.4, -0.2) is 36.8 Å². The van der Waals surface area contributed by atoms with Crippen LogP contribution in [0.25, 0.3) is 0 Å². The minimum absolute atomic E-state index is 0.00469. The largest absolute Gasteiger partial charge is 0.494 e. The summed E-state index contributed by atoms with van der Waals surface area (Å²) in [6, 6.07) is 15.6. The summed E-state index contributed by atoms with van der Waals surface area (Å²) in [5.74, 6) is 0.864. The smallest absolute Gasteiger partial charge is 0.241 e. The van der Waals surface area contributed by atoms with Gasteiger partial charge in [-0.25, -0.2) is 0 Å². The average molecular weight is 359 g/mol. The monoisotopic (exact) mass is 358 g/mol. The lowest BCUT2D eigenvalue weighted by Crippen LogP contribution is -2.39. The van der Waals surface area contributed by atoms with Gasteiger partial charge in [0, 0.05) is 11.4 Å². The summed E-state index contributed by atoms with van der Waals surface area (Å²) in [6.07, 6.45) is 2.01. The van der Waals surface area contributed by atoms with E-state index in [1.165, 1.54) is 0 Å². The number of thioether (sulfide) groups is 1. The SMILES string of the molecule is CCOc1ccc(CN(C)C(C)C(=O)Nc2ccccc2SC)cc1. The predicted octanol–water partition coefficient (Wildman–Crippen LogP) is 4.27. The summed E-state index contributed by atoms with van der Waals surface area (Å²) < 4.78 is 5.46. The molecular formula is C20H26N2O2S. The maximum atomic E-state index is 12.6. The van der Waals surface area contributed by atoms with E-state index in [-0.39, 0.29) is 11.9 Å². The third-order valence-corrected chi connectivity index (χ3v) is 4.87. The second kappa shape index (κ2) is 9.49. The first kappa shape index (κ1) is 19.3. The molecule has 0 aliphatic heterocycles. The summed E-state index contributed by atoms with van der Waals surface area (Å²) in [4.78, 5) is 15.7. The molecule has 25 heavy (non-hydrogen) atoms. The summed E-state index contributed by atoms with van der Waals surface area (Å²) >= 11 is 1.63. The van der Waals surface area contributed by atoms with Crippen LogP contribution < -0.4 is 10.1 Å². The Kier molecular flexibility index (Phi) is 7.34. The van der Waals surface area contributed by atoms with E-state index in [2.05, 4.69) is 5.32 Å². The molecule has 1 amide bonds. The van der Waals surface area contributed by atoms with Crippen LogP contribution in [0.15, 0.2) is 53.4 Å². The average Bonchev–Trinajstić information content (AvgIpc) is 2.63. The topological polar surface area (TPSA) is 41.6 Å². The maximum absolute atomic E-state index is 12.6. The van der Waals surface area contributed by atoms with Crippen molar-refractivity contribution < 1.29 is 9.53 Å². The molecule has 0 aliphatic carbocycles. The molecule has 5 heteroatoms. The van der Waals surface area contributed by atoms with Crippen molar-refractivity contribution in [3.05, 3.63) is 54.1 Å². The van der Waals surface area contributed by atoms with Crippen molar-refractivity contribution >= 4 is 23.4 Å². The Morgan fingerprint density at radius 1 is 1.20 bits per heavy atom. The Morgan fingerprint density at radius 3 is 2.52 bits per heavy atom. The molecule has 1 atom stereocenters. The van der Waals surface area contributed by atoms with Gasteiger partial charge in [-0.2, -0.15) is 0 Å². The fourth-order valence-electron chi connectivity index (χ4n) is 2.47. The zero-order valence-corrected chi connectivity index (χ0v) is 16.1. The lowest BCUT2D eigenvalue weighted by atomic mass is 10.1. The molecule has 0 aliphatic rings. The molecule has 0 bridgehead atoms. The number of anilines is 1. The second-order valence-electron chi connectivity index (χ2n) is 5.86. The first-order valence-corrected chi connectivity index (χ1v) is 9.63. The van der Waals surface area contributed by atoms with Gasteiger partial charge in [0.1, 0.15) is 5.75 Å². The number of benzene rings is 2.